The molecule has 1 aromatic carbocycles. The number of methoxy groups -OCH3 is 1. The molecule has 0 aliphatic carbocycles. The largest absolute Gasteiger partial charge is 0.496 e. The topological polar surface area (TPSA) is 35.3 Å². The molecule has 18 heavy (non-hydrogen) atoms. The molecule has 1 aromatic heterocycles. The van der Waals surface area contributed by atoms with E-state index in [4.69, 9.17) is 9.15 Å². The predicted octanol–water partition coefficient (Wildman–Crippen LogP) is 3.68. The molecule has 3 nitrogen and oxygen atoms in total. The number of nitrogens with zero attached hydrogens (tertiary/aromatic N) is 1. The van der Waals surface area contributed by atoms with Gasteiger partial charge in [-0.05, 0) is 25.1 Å². The van der Waals surface area contributed by atoms with Crippen LogP contribution in [0.5, 0.6) is 5.75 Å². The fourth-order valence-electron chi connectivity index (χ4n) is 1.52. The second kappa shape index (κ2) is 4.36. The second-order valence-electron chi connectivity index (χ2n) is 3.69. The van der Waals surface area contributed by atoms with Crippen molar-refractivity contribution in [3.8, 4) is 17.2 Å². The van der Waals surface area contributed by atoms with Crippen molar-refractivity contribution < 1.29 is 22.3 Å². The molecule has 0 aliphatic heterocycles. The summed E-state index contributed by atoms with van der Waals surface area (Å²) in [5, 5.41) is 0. The van der Waals surface area contributed by atoms with Crippen molar-refractivity contribution in [3.05, 3.63) is 35.7 Å². The quantitative estimate of drug-likeness (QED) is 0.823. The zero-order valence-electron chi connectivity index (χ0n) is 9.71. The maximum Gasteiger partial charge on any atom is 0.416 e. The summed E-state index contributed by atoms with van der Waals surface area (Å²) in [6.07, 6.45) is -2.91. The van der Waals surface area contributed by atoms with Crippen LogP contribution in [-0.2, 0) is 6.18 Å². The van der Waals surface area contributed by atoms with Gasteiger partial charge >= 0.3 is 6.18 Å². The number of hydrogen-bond acceptors (Lipinski definition) is 3. The highest BCUT2D eigenvalue weighted by molar-refractivity contribution is 5.63. The molecule has 2 rings (SSSR count). The summed E-state index contributed by atoms with van der Waals surface area (Å²) in [7, 11) is 1.30. The zero-order valence-corrected chi connectivity index (χ0v) is 9.71. The summed E-state index contributed by atoms with van der Waals surface area (Å²) in [4.78, 5) is 3.96. The normalized spacial score (nSPS) is 11.6. The lowest BCUT2D eigenvalue weighted by atomic mass is 10.1. The molecule has 0 spiro atoms. The van der Waals surface area contributed by atoms with E-state index in [1.807, 2.05) is 0 Å². The number of hydrogen-bond donors (Lipinski definition) is 0. The Balaban J connectivity index is 2.50. The average molecular weight is 257 g/mol. The lowest BCUT2D eigenvalue weighted by Gasteiger charge is -2.10. The molecular formula is C12H10F3NO2. The monoisotopic (exact) mass is 257 g/mol. The van der Waals surface area contributed by atoms with E-state index in [2.05, 4.69) is 4.98 Å². The molecule has 0 unspecified atom stereocenters. The van der Waals surface area contributed by atoms with E-state index in [0.717, 1.165) is 12.1 Å². The number of ether oxygens (including phenoxy) is 1. The molecule has 0 atom stereocenters. The SMILES string of the molecule is COc1cc(C(F)(F)F)ccc1-c1ncc(C)o1. The maximum absolute atomic E-state index is 12.5. The van der Waals surface area contributed by atoms with Gasteiger partial charge in [-0.3, -0.25) is 0 Å². The Hall–Kier alpha value is -1.98. The van der Waals surface area contributed by atoms with Crippen molar-refractivity contribution >= 4 is 0 Å². The Morgan fingerprint density at radius 2 is 2.00 bits per heavy atom. The Kier molecular flexibility index (Phi) is 3.02. The van der Waals surface area contributed by atoms with Crippen LogP contribution < -0.4 is 4.74 Å². The lowest BCUT2D eigenvalue weighted by molar-refractivity contribution is -0.137. The van der Waals surface area contributed by atoms with E-state index >= 15 is 0 Å². The highest BCUT2D eigenvalue weighted by atomic mass is 19.4. The number of oxazole rings is 1. The van der Waals surface area contributed by atoms with Crippen molar-refractivity contribution in [2.45, 2.75) is 13.1 Å². The van der Waals surface area contributed by atoms with Gasteiger partial charge < -0.3 is 9.15 Å². The summed E-state index contributed by atoms with van der Waals surface area (Å²) >= 11 is 0. The van der Waals surface area contributed by atoms with Crippen LogP contribution >= 0.6 is 0 Å². The van der Waals surface area contributed by atoms with Gasteiger partial charge in [0.05, 0.1) is 24.4 Å². The van der Waals surface area contributed by atoms with Crippen LogP contribution in [0.2, 0.25) is 0 Å². The first-order chi connectivity index (χ1) is 8.41. The number of aromatic nitrogens is 1. The molecule has 0 bridgehead atoms. The first-order valence-corrected chi connectivity index (χ1v) is 5.10. The molecule has 2 aromatic rings. The maximum atomic E-state index is 12.5. The highest BCUT2D eigenvalue weighted by Crippen LogP contribution is 2.36. The third kappa shape index (κ3) is 2.32. The van der Waals surface area contributed by atoms with Crippen molar-refractivity contribution in [1.82, 2.24) is 4.98 Å². The summed E-state index contributed by atoms with van der Waals surface area (Å²) in [6, 6.07) is 3.18. The Labute approximate surface area is 101 Å². The first-order valence-electron chi connectivity index (χ1n) is 5.10. The van der Waals surface area contributed by atoms with Gasteiger partial charge in [0.2, 0.25) is 5.89 Å². The molecule has 0 saturated heterocycles. The second-order valence-corrected chi connectivity index (χ2v) is 3.69. The number of alkyl halides is 3. The van der Waals surface area contributed by atoms with Crippen LogP contribution in [0.25, 0.3) is 11.5 Å². The van der Waals surface area contributed by atoms with Crippen LogP contribution in [-0.4, -0.2) is 12.1 Å². The van der Waals surface area contributed by atoms with Gasteiger partial charge in [-0.25, -0.2) is 4.98 Å². The third-order valence-electron chi connectivity index (χ3n) is 2.38. The Morgan fingerprint density at radius 1 is 1.28 bits per heavy atom. The van der Waals surface area contributed by atoms with Crippen LogP contribution in [0.4, 0.5) is 13.2 Å². The van der Waals surface area contributed by atoms with Crippen molar-refractivity contribution in [2.75, 3.05) is 7.11 Å². The first kappa shape index (κ1) is 12.5. The number of rotatable bonds is 2. The zero-order chi connectivity index (χ0) is 13.3. The van der Waals surface area contributed by atoms with E-state index in [0.29, 0.717) is 11.3 Å². The van der Waals surface area contributed by atoms with E-state index in [1.165, 1.54) is 19.4 Å². The molecule has 0 amide bonds. The molecular weight excluding hydrogens is 247 g/mol. The fourth-order valence-corrected chi connectivity index (χ4v) is 1.52. The van der Waals surface area contributed by atoms with Crippen molar-refractivity contribution in [1.29, 1.82) is 0 Å². The van der Waals surface area contributed by atoms with Gasteiger partial charge in [0, 0.05) is 0 Å². The Bertz CT molecular complexity index is 561. The summed E-state index contributed by atoms with van der Waals surface area (Å²) in [5.74, 6) is 0.886. The van der Waals surface area contributed by atoms with Crippen LogP contribution in [0.1, 0.15) is 11.3 Å². The number of benzene rings is 1. The van der Waals surface area contributed by atoms with Crippen LogP contribution in [0.3, 0.4) is 0 Å². The minimum Gasteiger partial charge on any atom is -0.496 e. The molecule has 0 N–H and O–H groups in total. The Morgan fingerprint density at radius 3 is 2.50 bits per heavy atom. The van der Waals surface area contributed by atoms with E-state index in [9.17, 15) is 13.2 Å². The van der Waals surface area contributed by atoms with E-state index < -0.39 is 11.7 Å². The molecule has 0 saturated carbocycles. The average Bonchev–Trinajstić information content (AvgIpc) is 2.73. The third-order valence-corrected chi connectivity index (χ3v) is 2.38. The van der Waals surface area contributed by atoms with Crippen molar-refractivity contribution in [2.24, 2.45) is 0 Å². The molecule has 0 aliphatic rings. The molecule has 6 heteroatoms. The lowest BCUT2D eigenvalue weighted by Crippen LogP contribution is -2.05. The summed E-state index contributed by atoms with van der Waals surface area (Å²) < 4.78 is 47.9. The highest BCUT2D eigenvalue weighted by Gasteiger charge is 2.31. The van der Waals surface area contributed by atoms with Gasteiger partial charge in [0.25, 0.3) is 0 Å². The number of halogens is 3. The van der Waals surface area contributed by atoms with Crippen LogP contribution in [0, 0.1) is 6.92 Å². The molecule has 96 valence electrons. The number of aryl methyl sites for hydroxylation is 1. The summed E-state index contributed by atoms with van der Waals surface area (Å²) in [5.41, 5.74) is -0.384. The van der Waals surface area contributed by atoms with Gasteiger partial charge in [-0.1, -0.05) is 0 Å². The van der Waals surface area contributed by atoms with Gasteiger partial charge in [0.15, 0.2) is 0 Å². The van der Waals surface area contributed by atoms with Crippen molar-refractivity contribution in [3.63, 3.8) is 0 Å². The van der Waals surface area contributed by atoms with E-state index in [-0.39, 0.29) is 11.6 Å². The van der Waals surface area contributed by atoms with Gasteiger partial charge in [-0.15, -0.1) is 0 Å². The van der Waals surface area contributed by atoms with E-state index in [1.54, 1.807) is 6.92 Å². The molecule has 0 fully saturated rings. The van der Waals surface area contributed by atoms with Gasteiger partial charge in [-0.2, -0.15) is 13.2 Å². The minimum absolute atomic E-state index is 0.0756. The smallest absolute Gasteiger partial charge is 0.416 e. The fraction of sp³-hybridized carbons (Fsp3) is 0.250. The van der Waals surface area contributed by atoms with Gasteiger partial charge in [0.1, 0.15) is 11.5 Å². The molecule has 1 heterocycles. The summed E-state index contributed by atoms with van der Waals surface area (Å²) in [6.45, 7) is 1.70. The molecule has 0 radical (unpaired) electrons. The standard InChI is InChI=1S/C12H10F3NO2/c1-7-6-16-11(18-7)9-4-3-8(12(13,14)15)5-10(9)17-2/h3-6H,1-2H3. The predicted molar refractivity (Wildman–Crippen MR) is 58.2 cm³/mol. The van der Waals surface area contributed by atoms with Crippen LogP contribution in [0.15, 0.2) is 28.8 Å². The minimum atomic E-state index is -4.40.